The maximum Gasteiger partial charge on any atom is 1.00 e. The van der Waals surface area contributed by atoms with Crippen molar-refractivity contribution in [2.45, 2.75) is 228 Å². The van der Waals surface area contributed by atoms with E-state index in [9.17, 15) is 38.1 Å². The van der Waals surface area contributed by atoms with Gasteiger partial charge in [-0.05, 0) is 198 Å². The number of halogens is 1. The number of carbonyl (C=O) groups is 7. The molecule has 2 saturated heterocycles. The molecule has 2 fully saturated rings. The zero-order valence-electron chi connectivity index (χ0n) is 61.1. The number of ether oxygens (including phenoxy) is 6. The third-order valence-corrected chi connectivity index (χ3v) is 15.7. The van der Waals surface area contributed by atoms with Crippen molar-refractivity contribution in [2.75, 3.05) is 37.6 Å². The quantitative estimate of drug-likeness (QED) is 0.0309. The van der Waals surface area contributed by atoms with Crippen LogP contribution in [0.25, 0.3) is 0 Å². The number of allylic oxidation sites excluding steroid dienone is 1. The van der Waals surface area contributed by atoms with E-state index >= 15 is 0 Å². The number of anilines is 2. The van der Waals surface area contributed by atoms with E-state index in [2.05, 4.69) is 50.2 Å². The molecule has 0 radical (unpaired) electrons. The van der Waals surface area contributed by atoms with Crippen molar-refractivity contribution >= 4 is 61.2 Å². The summed E-state index contributed by atoms with van der Waals surface area (Å²) in [6, 6.07) is 32.9. The average Bonchev–Trinajstić information content (AvgIpc) is 1.62. The van der Waals surface area contributed by atoms with Crippen LogP contribution in [0.5, 0.6) is 0 Å². The van der Waals surface area contributed by atoms with Gasteiger partial charge in [0.2, 0.25) is 0 Å². The van der Waals surface area contributed by atoms with Crippen molar-refractivity contribution in [2.24, 2.45) is 0 Å². The number of nitrogens with zero attached hydrogens (tertiary/aromatic N) is 3. The second kappa shape index (κ2) is 38.3. The summed E-state index contributed by atoms with van der Waals surface area (Å²) in [5.74, 6) is -0.390. The molecule has 528 valence electrons. The number of Topliss-reactive ketones (excluding diaryl/α,β-unsaturated/α-hetero) is 1. The van der Waals surface area contributed by atoms with Crippen molar-refractivity contribution in [1.29, 1.82) is 0 Å². The first-order valence-electron chi connectivity index (χ1n) is 31.7. The van der Waals surface area contributed by atoms with Crippen LogP contribution < -0.4 is 46.5 Å². The Morgan fingerprint density at radius 1 is 0.562 bits per heavy atom. The maximum atomic E-state index is 13.3. The summed E-state index contributed by atoms with van der Waals surface area (Å²) in [5.41, 5.74) is 0.0168. The van der Waals surface area contributed by atoms with Gasteiger partial charge in [-0.3, -0.25) is 39.5 Å². The summed E-state index contributed by atoms with van der Waals surface area (Å²) in [4.78, 5) is 91.3. The molecule has 96 heavy (non-hydrogen) atoms. The molecular formula is C72H106BrLiN5O16P. The molecule has 4 amide bonds. The minimum absolute atomic E-state index is 0. The minimum atomic E-state index is -3.35. The van der Waals surface area contributed by atoms with Crippen LogP contribution in [0.4, 0.5) is 30.6 Å². The number of amides is 4. The van der Waals surface area contributed by atoms with E-state index in [-0.39, 0.29) is 66.4 Å². The Morgan fingerprint density at radius 2 is 0.906 bits per heavy atom. The molecule has 4 aromatic rings. The van der Waals surface area contributed by atoms with Crippen molar-refractivity contribution in [3.63, 3.8) is 0 Å². The Balaban J connectivity index is 0.000000699. The molecule has 0 aromatic heterocycles. The molecule has 2 aliphatic rings. The van der Waals surface area contributed by atoms with E-state index < -0.39 is 90.1 Å². The molecule has 0 spiro atoms. The smallest absolute Gasteiger partial charge is 1.00 e. The number of carbonyl (C=O) groups excluding carboxylic acids is 7. The zero-order chi connectivity index (χ0) is 71.4. The largest absolute Gasteiger partial charge is 1.00 e. The zero-order valence-corrected chi connectivity index (χ0v) is 63.6. The van der Waals surface area contributed by atoms with Crippen LogP contribution in [0.3, 0.4) is 0 Å². The third kappa shape index (κ3) is 30.3. The van der Waals surface area contributed by atoms with Gasteiger partial charge in [-0.2, -0.15) is 0 Å². The fourth-order valence-corrected chi connectivity index (χ4v) is 11.0. The van der Waals surface area contributed by atoms with Gasteiger partial charge >= 0.3 is 50.8 Å². The van der Waals surface area contributed by atoms with E-state index in [1.54, 1.807) is 136 Å². The van der Waals surface area contributed by atoms with Crippen molar-refractivity contribution in [1.82, 2.24) is 14.7 Å². The third-order valence-electron chi connectivity index (χ3n) is 13.9. The first-order valence-corrected chi connectivity index (χ1v) is 33.4. The van der Waals surface area contributed by atoms with Gasteiger partial charge < -0.3 is 59.2 Å². The van der Waals surface area contributed by atoms with Crippen LogP contribution in [0.15, 0.2) is 121 Å². The first-order chi connectivity index (χ1) is 43.4. The fraction of sp³-hybridized carbons (Fsp3) is 0.542. The molecule has 0 unspecified atom stereocenters. The molecule has 0 saturated carbocycles. The second-order valence-electron chi connectivity index (χ2n) is 28.1. The normalized spacial score (nSPS) is 17.4. The van der Waals surface area contributed by atoms with Gasteiger partial charge in [0.05, 0.1) is 6.04 Å². The van der Waals surface area contributed by atoms with Crippen LogP contribution in [0, 0.1) is 0 Å². The molecule has 6 rings (SSSR count). The monoisotopic (exact) mass is 1410 g/mol. The Morgan fingerprint density at radius 3 is 1.22 bits per heavy atom. The summed E-state index contributed by atoms with van der Waals surface area (Å²) in [5, 5.41) is 5.28. The van der Waals surface area contributed by atoms with Gasteiger partial charge in [0.15, 0.2) is 5.78 Å². The first kappa shape index (κ1) is 87.8. The van der Waals surface area contributed by atoms with Crippen LogP contribution in [-0.2, 0) is 69.3 Å². The van der Waals surface area contributed by atoms with Gasteiger partial charge in [0.25, 0.3) is 0 Å². The van der Waals surface area contributed by atoms with Crippen LogP contribution in [0.2, 0.25) is 0 Å². The van der Waals surface area contributed by atoms with Gasteiger partial charge in [0.1, 0.15) is 70.3 Å². The Kier molecular flexibility index (Phi) is 35.0. The minimum Gasteiger partial charge on any atom is -1.00 e. The number of rotatable bonds is 18. The summed E-state index contributed by atoms with van der Waals surface area (Å²) in [6.07, 6.45) is 0.810. The number of ketones is 2. The number of benzene rings is 4. The number of hydrogen-bond acceptors (Lipinski definition) is 17. The van der Waals surface area contributed by atoms with E-state index in [1.807, 2.05) is 95.3 Å². The van der Waals surface area contributed by atoms with Gasteiger partial charge in [-0.15, -0.1) is 0 Å². The molecule has 4 aromatic carbocycles. The summed E-state index contributed by atoms with van der Waals surface area (Å²) in [6.45, 7) is 41.0. The van der Waals surface area contributed by atoms with Crippen LogP contribution >= 0.6 is 7.60 Å². The standard InChI is InChI=1S/C31H40N2O6.C17H23NO4.C16H24NO6P.C8H19N.BrH.Li/c1-29(2,3)38-27(35)32-23-16-14-21(15-17-23)20-24(34)18-19-25-26(22-12-10-9-11-13-22)37-31(7,8)33(25)28(36)39-30(4,5)6;1-16(2,3)22-15(20)18-13(11-19)14(21-17(18,4)5)12-9-7-6-8-10-12;1-16(2,3)23-15(19)17-13-8-6-12(7-9-13)10-14(18)11-24(20,21-4)22-5;1-6-9(7(2)3)8(4)5;;/h9-19,25-26H,20H2,1-8H3,(H,32,35);6-11,13-14H,1-5H3;6-9H,10-11H2,1-5H3,(H,17,19);7-8H,6H2,1-5H3;1H;/q;;;;;+1/p-1/b19-18+;;;;;/t25-,26-;13-,14-;;;;/m11..../s1. The van der Waals surface area contributed by atoms with E-state index in [0.717, 1.165) is 35.1 Å². The molecule has 21 nitrogen and oxygen atoms in total. The van der Waals surface area contributed by atoms with Gasteiger partial charge in [0, 0.05) is 50.5 Å². The number of nitrogens with one attached hydrogen (secondary N) is 2. The Bertz CT molecular complexity index is 3160. The van der Waals surface area contributed by atoms with Crippen molar-refractivity contribution in [3.05, 3.63) is 144 Å². The van der Waals surface area contributed by atoms with Gasteiger partial charge in [-0.25, -0.2) is 19.2 Å². The van der Waals surface area contributed by atoms with E-state index in [4.69, 9.17) is 37.5 Å². The fourth-order valence-electron chi connectivity index (χ4n) is 10.1. The Hall–Kier alpha value is -6.18. The summed E-state index contributed by atoms with van der Waals surface area (Å²) < 4.78 is 55.3. The van der Waals surface area contributed by atoms with Gasteiger partial charge in [-0.1, -0.05) is 97.9 Å². The topological polar surface area (TPSA) is 244 Å². The molecule has 2 N–H and O–H groups in total. The molecule has 24 heteroatoms. The Labute approximate surface area is 593 Å². The van der Waals surface area contributed by atoms with Crippen LogP contribution in [-0.4, -0.2) is 142 Å². The predicted molar refractivity (Wildman–Crippen MR) is 367 cm³/mol. The molecule has 2 heterocycles. The molecule has 0 aliphatic carbocycles. The molecule has 2 aliphatic heterocycles. The van der Waals surface area contributed by atoms with E-state index in [0.29, 0.717) is 23.5 Å². The molecule has 0 bridgehead atoms. The SMILES string of the molecule is CC(C)(C)OC(=O)N1[C@H](C=O)[C@@H](c2ccccc2)OC1(C)C.CC(C)(C)OC(=O)Nc1ccc(CC(=O)/C=C/[C@@H]2[C@@H](c3ccccc3)OC(C)(C)N2C(=O)OC(C)(C)C)cc1.CCN(C(C)C)C(C)C.COP(=O)(CC(=O)Cc1ccc(NC(=O)OC(C)(C)C)cc1)OC.[Br-].[Li+]. The average molecular weight is 1420 g/mol. The predicted octanol–water partition coefficient (Wildman–Crippen LogP) is 9.88. The molecular weight excluding hydrogens is 1310 g/mol. The maximum absolute atomic E-state index is 13.3. The summed E-state index contributed by atoms with van der Waals surface area (Å²) >= 11 is 0. The van der Waals surface area contributed by atoms with E-state index in [1.165, 1.54) is 25.2 Å². The van der Waals surface area contributed by atoms with Crippen molar-refractivity contribution < 1.29 is 111 Å². The van der Waals surface area contributed by atoms with Crippen LogP contribution in [0.1, 0.15) is 180 Å². The molecule has 4 atom stereocenters. The summed E-state index contributed by atoms with van der Waals surface area (Å²) in [7, 11) is -0.856. The second-order valence-corrected chi connectivity index (χ2v) is 30.4. The number of hydrogen-bond donors (Lipinski definition) is 2. The van der Waals surface area contributed by atoms with Crippen molar-refractivity contribution in [3.8, 4) is 0 Å². The number of aldehydes is 1.